The van der Waals surface area contributed by atoms with Crippen LogP contribution in [0.2, 0.25) is 0 Å². The predicted octanol–water partition coefficient (Wildman–Crippen LogP) is 3.52. The number of ether oxygens (including phenoxy) is 2. The van der Waals surface area contributed by atoms with Crippen LogP contribution in [0.5, 0.6) is 5.75 Å². The Morgan fingerprint density at radius 3 is 2.63 bits per heavy atom. The van der Waals surface area contributed by atoms with Crippen molar-refractivity contribution in [1.82, 2.24) is 14.5 Å². The second-order valence-electron chi connectivity index (χ2n) is 10.3. The minimum absolute atomic E-state index is 0.183. The molecule has 0 saturated heterocycles. The molecule has 0 aliphatic carbocycles. The molecule has 2 aliphatic rings. The Bertz CT molecular complexity index is 1860. The largest absolute Gasteiger partial charge is 0.494 e. The van der Waals surface area contributed by atoms with E-state index in [1.54, 1.807) is 4.57 Å². The summed E-state index contributed by atoms with van der Waals surface area (Å²) in [7, 11) is 1.19. The Morgan fingerprint density at radius 2 is 1.87 bits per heavy atom. The molecule has 9 nitrogen and oxygen atoms in total. The van der Waals surface area contributed by atoms with Gasteiger partial charge in [0.1, 0.15) is 5.75 Å². The Labute approximate surface area is 217 Å². The first-order chi connectivity index (χ1) is 18.2. The zero-order chi connectivity index (χ0) is 26.6. The van der Waals surface area contributed by atoms with E-state index in [1.807, 2.05) is 54.0 Å². The van der Waals surface area contributed by atoms with E-state index in [1.165, 1.54) is 14.0 Å². The molecule has 5 aromatic rings. The molecule has 0 spiro atoms. The first-order valence-electron chi connectivity index (χ1n) is 12.7. The number of hydrogen-bond donors (Lipinski definition) is 3. The fourth-order valence-corrected chi connectivity index (χ4v) is 6.48. The third-order valence-corrected chi connectivity index (χ3v) is 8.24. The van der Waals surface area contributed by atoms with Gasteiger partial charge in [0.15, 0.2) is 5.72 Å². The van der Waals surface area contributed by atoms with E-state index in [0.717, 1.165) is 28.1 Å². The first kappa shape index (κ1) is 23.1. The van der Waals surface area contributed by atoms with Gasteiger partial charge in [0.2, 0.25) is 5.60 Å². The van der Waals surface area contributed by atoms with E-state index < -0.39 is 17.3 Å². The van der Waals surface area contributed by atoms with E-state index in [-0.39, 0.29) is 12.5 Å². The van der Waals surface area contributed by atoms with Crippen LogP contribution >= 0.6 is 0 Å². The summed E-state index contributed by atoms with van der Waals surface area (Å²) >= 11 is 0. The molecule has 2 aliphatic heterocycles. The maximum absolute atomic E-state index is 13.4. The number of nitrogens with zero attached hydrogens (tertiary/aromatic N) is 2. The molecule has 1 amide bonds. The van der Waals surface area contributed by atoms with Crippen LogP contribution in [0.15, 0.2) is 42.5 Å². The van der Waals surface area contributed by atoms with Gasteiger partial charge >= 0.3 is 5.97 Å². The van der Waals surface area contributed by atoms with Crippen LogP contribution in [0, 0.1) is 0 Å². The van der Waals surface area contributed by atoms with Gasteiger partial charge in [-0.25, -0.2) is 4.79 Å². The van der Waals surface area contributed by atoms with Gasteiger partial charge in [-0.15, -0.1) is 0 Å². The minimum Gasteiger partial charge on any atom is -0.494 e. The standard InChI is InChI=1S/C29H27N3O6/c1-4-11-38-15-9-10-19-17(12-15)22-23-18(13-30-26(23)33)21-16-7-5-6-8-20(16)32-25(21)24(22)31(19)14-29(36,27(34)37-3)28(32,2)35/h5-10,12,35-36H,4,11,13-14H2,1-3H3,(H,30,33)/t28-,29-/m0/s1. The molecule has 194 valence electrons. The van der Waals surface area contributed by atoms with Gasteiger partial charge in [-0.1, -0.05) is 25.1 Å². The van der Waals surface area contributed by atoms with E-state index >= 15 is 0 Å². The SMILES string of the molecule is CCCOc1ccc2c(c1)c1c3c(c4c5ccccc5n5c4c1n2C[C@](O)(C(=O)OC)[C@]5(C)O)CNC3=O. The highest BCUT2D eigenvalue weighted by molar-refractivity contribution is 6.31. The number of hydrogen-bond acceptors (Lipinski definition) is 6. The molecular weight excluding hydrogens is 486 g/mol. The van der Waals surface area contributed by atoms with Crippen molar-refractivity contribution in [2.45, 2.75) is 44.7 Å². The van der Waals surface area contributed by atoms with Gasteiger partial charge in [-0.05, 0) is 43.2 Å². The number of rotatable bonds is 4. The fourth-order valence-electron chi connectivity index (χ4n) is 6.48. The smallest absolute Gasteiger partial charge is 0.344 e. The number of carbonyl (C=O) groups excluding carboxylic acids is 2. The monoisotopic (exact) mass is 513 g/mol. The lowest BCUT2D eigenvalue weighted by molar-refractivity contribution is -0.216. The van der Waals surface area contributed by atoms with Crippen LogP contribution in [-0.4, -0.2) is 50.5 Å². The van der Waals surface area contributed by atoms with Crippen molar-refractivity contribution in [3.63, 3.8) is 0 Å². The molecule has 4 heterocycles. The van der Waals surface area contributed by atoms with E-state index in [9.17, 15) is 19.8 Å². The number of benzene rings is 3. The van der Waals surface area contributed by atoms with E-state index in [4.69, 9.17) is 9.47 Å². The molecule has 2 aromatic heterocycles. The molecular formula is C29H27N3O6. The van der Waals surface area contributed by atoms with Crippen molar-refractivity contribution < 1.29 is 29.3 Å². The van der Waals surface area contributed by atoms with Crippen molar-refractivity contribution in [2.24, 2.45) is 0 Å². The molecule has 0 saturated carbocycles. The molecule has 38 heavy (non-hydrogen) atoms. The van der Waals surface area contributed by atoms with Gasteiger partial charge in [-0.3, -0.25) is 4.79 Å². The summed E-state index contributed by atoms with van der Waals surface area (Å²) in [6, 6.07) is 13.1. The van der Waals surface area contributed by atoms with Crippen LogP contribution in [0.25, 0.3) is 43.6 Å². The normalized spacial score (nSPS) is 22.4. The Kier molecular flexibility index (Phi) is 4.55. The summed E-state index contributed by atoms with van der Waals surface area (Å²) in [5, 5.41) is 30.3. The maximum atomic E-state index is 13.4. The number of fused-ring (bicyclic) bond motifs is 9. The first-order valence-corrected chi connectivity index (χ1v) is 12.7. The van der Waals surface area contributed by atoms with Crippen molar-refractivity contribution in [3.8, 4) is 5.75 Å². The highest BCUT2D eigenvalue weighted by Gasteiger charge is 2.58. The molecule has 0 fully saturated rings. The summed E-state index contributed by atoms with van der Waals surface area (Å²) in [6.45, 7) is 4.06. The Balaban J connectivity index is 1.78. The third-order valence-electron chi connectivity index (χ3n) is 8.24. The van der Waals surface area contributed by atoms with Crippen LogP contribution in [0.3, 0.4) is 0 Å². The van der Waals surface area contributed by atoms with Crippen molar-refractivity contribution >= 4 is 55.5 Å². The summed E-state index contributed by atoms with van der Waals surface area (Å²) in [4.78, 5) is 26.6. The molecule has 0 unspecified atom stereocenters. The molecule has 0 radical (unpaired) electrons. The molecule has 9 heteroatoms. The van der Waals surface area contributed by atoms with Gasteiger partial charge in [0.25, 0.3) is 5.91 Å². The quantitative estimate of drug-likeness (QED) is 0.317. The molecule has 3 aromatic carbocycles. The van der Waals surface area contributed by atoms with E-state index in [2.05, 4.69) is 5.32 Å². The zero-order valence-electron chi connectivity index (χ0n) is 21.3. The van der Waals surface area contributed by atoms with Crippen LogP contribution in [0.1, 0.15) is 36.2 Å². The second-order valence-corrected chi connectivity index (χ2v) is 10.3. The van der Waals surface area contributed by atoms with Crippen molar-refractivity contribution in [1.29, 1.82) is 0 Å². The Hall–Kier alpha value is -4.08. The number of aromatic nitrogens is 2. The summed E-state index contributed by atoms with van der Waals surface area (Å²) in [6.07, 6.45) is 0.847. The summed E-state index contributed by atoms with van der Waals surface area (Å²) in [5.74, 6) is -0.472. The predicted molar refractivity (Wildman–Crippen MR) is 142 cm³/mol. The summed E-state index contributed by atoms with van der Waals surface area (Å²) in [5.41, 5.74) is -0.402. The molecule has 3 N–H and O–H groups in total. The topological polar surface area (TPSA) is 115 Å². The zero-order valence-corrected chi connectivity index (χ0v) is 21.3. The lowest BCUT2D eigenvalue weighted by Gasteiger charge is -2.39. The van der Waals surface area contributed by atoms with Gasteiger partial charge in [-0.2, -0.15) is 0 Å². The number of para-hydroxylation sites is 1. The highest BCUT2D eigenvalue weighted by atomic mass is 16.5. The van der Waals surface area contributed by atoms with Gasteiger partial charge in [0, 0.05) is 33.6 Å². The van der Waals surface area contributed by atoms with Crippen molar-refractivity contribution in [3.05, 3.63) is 53.6 Å². The highest BCUT2D eigenvalue weighted by Crippen LogP contribution is 2.50. The lowest BCUT2D eigenvalue weighted by atomic mass is 9.90. The minimum atomic E-state index is -2.35. The van der Waals surface area contributed by atoms with E-state index in [0.29, 0.717) is 51.9 Å². The van der Waals surface area contributed by atoms with Crippen LogP contribution in [-0.2, 0) is 28.3 Å². The number of esters is 1. The number of methoxy groups -OCH3 is 1. The second kappa shape index (κ2) is 7.49. The number of nitrogens with one attached hydrogen (secondary N) is 1. The number of amides is 1. The molecule has 0 bridgehead atoms. The fraction of sp³-hybridized carbons (Fsp3) is 0.310. The van der Waals surface area contributed by atoms with Crippen LogP contribution in [0.4, 0.5) is 0 Å². The Morgan fingerprint density at radius 1 is 1.08 bits per heavy atom. The lowest BCUT2D eigenvalue weighted by Crippen LogP contribution is -2.60. The molecule has 2 atom stereocenters. The number of carbonyl (C=O) groups is 2. The third kappa shape index (κ3) is 2.57. The average molecular weight is 514 g/mol. The van der Waals surface area contributed by atoms with Gasteiger partial charge in [0.05, 0.1) is 42.4 Å². The van der Waals surface area contributed by atoms with Crippen molar-refractivity contribution in [2.75, 3.05) is 13.7 Å². The average Bonchev–Trinajstić information content (AvgIpc) is 3.54. The number of aliphatic hydroxyl groups is 2. The summed E-state index contributed by atoms with van der Waals surface area (Å²) < 4.78 is 14.4. The maximum Gasteiger partial charge on any atom is 0.344 e. The molecule has 7 rings (SSSR count). The van der Waals surface area contributed by atoms with Crippen LogP contribution < -0.4 is 10.1 Å². The van der Waals surface area contributed by atoms with Gasteiger partial charge < -0.3 is 34.1 Å².